The zero-order valence-electron chi connectivity index (χ0n) is 10.3. The number of hydrogen-bond donors (Lipinski definition) is 2. The fourth-order valence-electron chi connectivity index (χ4n) is 1.86. The Morgan fingerprint density at radius 2 is 2.26 bits per heavy atom. The van der Waals surface area contributed by atoms with Crippen LogP contribution >= 0.6 is 0 Å². The number of rotatable bonds is 4. The Bertz CT molecular complexity index is 682. The molecule has 100 valence electrons. The molecule has 19 heavy (non-hydrogen) atoms. The third-order valence-corrected chi connectivity index (χ3v) is 2.81. The number of H-pyrrole nitrogens is 1. The molecule has 0 bridgehead atoms. The first-order valence-corrected chi connectivity index (χ1v) is 5.61. The highest BCUT2D eigenvalue weighted by Crippen LogP contribution is 2.30. The van der Waals surface area contributed by atoms with Crippen molar-refractivity contribution < 1.29 is 4.92 Å². The number of hydrogen-bond acceptors (Lipinski definition) is 6. The summed E-state index contributed by atoms with van der Waals surface area (Å²) in [4.78, 5) is 30.3. The first kappa shape index (κ1) is 13.0. The van der Waals surface area contributed by atoms with E-state index in [1.54, 1.807) is 11.9 Å². The number of fused-ring (bicyclic) bond motifs is 1. The van der Waals surface area contributed by atoms with Gasteiger partial charge in [-0.3, -0.25) is 14.9 Å². The lowest BCUT2D eigenvalue weighted by Crippen LogP contribution is -2.25. The van der Waals surface area contributed by atoms with Gasteiger partial charge in [-0.05, 0) is 6.07 Å². The van der Waals surface area contributed by atoms with E-state index in [1.807, 2.05) is 0 Å². The zero-order valence-corrected chi connectivity index (χ0v) is 10.3. The first-order chi connectivity index (χ1) is 9.04. The van der Waals surface area contributed by atoms with E-state index in [1.165, 1.54) is 18.5 Å². The van der Waals surface area contributed by atoms with Crippen LogP contribution in [-0.4, -0.2) is 35.0 Å². The zero-order chi connectivity index (χ0) is 14.0. The van der Waals surface area contributed by atoms with Gasteiger partial charge < -0.3 is 15.6 Å². The molecule has 0 saturated heterocycles. The molecule has 0 aliphatic heterocycles. The number of aromatic nitrogens is 2. The lowest BCUT2D eigenvalue weighted by Gasteiger charge is -2.18. The summed E-state index contributed by atoms with van der Waals surface area (Å²) >= 11 is 0. The molecular weight excluding hydrogens is 250 g/mol. The number of aromatic amines is 1. The molecule has 1 aromatic carbocycles. The van der Waals surface area contributed by atoms with E-state index < -0.39 is 10.5 Å². The molecule has 0 spiro atoms. The first-order valence-electron chi connectivity index (χ1n) is 5.61. The van der Waals surface area contributed by atoms with Crippen LogP contribution in [0.3, 0.4) is 0 Å². The quantitative estimate of drug-likeness (QED) is 0.602. The Morgan fingerprint density at radius 1 is 1.53 bits per heavy atom. The average Bonchev–Trinajstić information content (AvgIpc) is 2.38. The number of nitrogens with two attached hydrogens (primary N) is 1. The summed E-state index contributed by atoms with van der Waals surface area (Å²) in [5.74, 6) is 0. The third-order valence-electron chi connectivity index (χ3n) is 2.81. The van der Waals surface area contributed by atoms with Gasteiger partial charge in [-0.2, -0.15) is 0 Å². The molecule has 2 aromatic rings. The molecule has 0 saturated carbocycles. The molecule has 0 aliphatic carbocycles. The van der Waals surface area contributed by atoms with E-state index in [9.17, 15) is 14.9 Å². The van der Waals surface area contributed by atoms with Gasteiger partial charge >= 0.3 is 0 Å². The van der Waals surface area contributed by atoms with Gasteiger partial charge in [0.05, 0.1) is 22.2 Å². The number of nitrogens with zero attached hydrogens (tertiary/aromatic N) is 3. The second kappa shape index (κ2) is 5.02. The summed E-state index contributed by atoms with van der Waals surface area (Å²) in [5.41, 5.74) is 5.71. The van der Waals surface area contributed by atoms with Crippen molar-refractivity contribution in [1.82, 2.24) is 9.97 Å². The minimum absolute atomic E-state index is 0.137. The summed E-state index contributed by atoms with van der Waals surface area (Å²) in [5, 5.41) is 11.3. The van der Waals surface area contributed by atoms with E-state index in [0.29, 0.717) is 24.3 Å². The number of nitrogens with one attached hydrogen (secondary N) is 1. The maximum atomic E-state index is 11.6. The normalized spacial score (nSPS) is 10.6. The Hall–Kier alpha value is -2.48. The molecule has 8 nitrogen and oxygen atoms in total. The Kier molecular flexibility index (Phi) is 3.43. The molecule has 8 heteroatoms. The molecule has 0 aliphatic rings. The monoisotopic (exact) mass is 263 g/mol. The van der Waals surface area contributed by atoms with Crippen molar-refractivity contribution in [3.63, 3.8) is 0 Å². The predicted octanol–water partition coefficient (Wildman–Crippen LogP) is 0.226. The van der Waals surface area contributed by atoms with E-state index in [2.05, 4.69) is 9.97 Å². The second-order valence-corrected chi connectivity index (χ2v) is 4.06. The van der Waals surface area contributed by atoms with Crippen molar-refractivity contribution in [3.05, 3.63) is 38.9 Å². The lowest BCUT2D eigenvalue weighted by atomic mass is 10.1. The number of anilines is 1. The van der Waals surface area contributed by atoms with Crippen LogP contribution in [0.15, 0.2) is 23.3 Å². The molecule has 0 radical (unpaired) electrons. The fourth-order valence-corrected chi connectivity index (χ4v) is 1.86. The van der Waals surface area contributed by atoms with Gasteiger partial charge in [0.15, 0.2) is 0 Å². The highest BCUT2D eigenvalue weighted by atomic mass is 16.6. The van der Waals surface area contributed by atoms with Crippen molar-refractivity contribution in [2.75, 3.05) is 25.0 Å². The molecule has 0 unspecified atom stereocenters. The van der Waals surface area contributed by atoms with Crippen LogP contribution in [0.2, 0.25) is 0 Å². The van der Waals surface area contributed by atoms with Crippen molar-refractivity contribution in [1.29, 1.82) is 0 Å². The molecular formula is C11H13N5O3. The Morgan fingerprint density at radius 3 is 2.89 bits per heavy atom. The number of benzene rings is 1. The highest BCUT2D eigenvalue weighted by molar-refractivity contribution is 5.86. The van der Waals surface area contributed by atoms with Crippen molar-refractivity contribution >= 4 is 22.3 Å². The number of nitro groups is 1. The van der Waals surface area contributed by atoms with Gasteiger partial charge in [0.2, 0.25) is 0 Å². The minimum atomic E-state index is -0.520. The molecule has 0 atom stereocenters. The fraction of sp³-hybridized carbons (Fsp3) is 0.273. The van der Waals surface area contributed by atoms with Gasteiger partial charge in [0.25, 0.3) is 11.2 Å². The molecule has 3 N–H and O–H groups in total. The minimum Gasteiger partial charge on any atom is -0.368 e. The van der Waals surface area contributed by atoms with Crippen LogP contribution in [-0.2, 0) is 0 Å². The second-order valence-electron chi connectivity index (χ2n) is 4.06. The van der Waals surface area contributed by atoms with Gasteiger partial charge in [-0.25, -0.2) is 4.98 Å². The summed E-state index contributed by atoms with van der Waals surface area (Å²) in [6.07, 6.45) is 1.27. The summed E-state index contributed by atoms with van der Waals surface area (Å²) < 4.78 is 0. The van der Waals surface area contributed by atoms with Crippen LogP contribution < -0.4 is 16.2 Å². The van der Waals surface area contributed by atoms with Crippen molar-refractivity contribution in [2.45, 2.75) is 0 Å². The van der Waals surface area contributed by atoms with Crippen LogP contribution in [0, 0.1) is 10.1 Å². The van der Waals surface area contributed by atoms with Gasteiger partial charge in [-0.1, -0.05) is 0 Å². The van der Waals surface area contributed by atoms with Crippen LogP contribution in [0.5, 0.6) is 0 Å². The van der Waals surface area contributed by atoms with Gasteiger partial charge in [0, 0.05) is 26.2 Å². The predicted molar refractivity (Wildman–Crippen MR) is 71.3 cm³/mol. The maximum Gasteiger partial charge on any atom is 0.293 e. The van der Waals surface area contributed by atoms with Crippen molar-refractivity contribution in [2.24, 2.45) is 5.73 Å². The summed E-state index contributed by atoms with van der Waals surface area (Å²) in [6.45, 7) is 0.837. The van der Waals surface area contributed by atoms with Gasteiger partial charge in [0.1, 0.15) is 5.69 Å². The maximum absolute atomic E-state index is 11.6. The largest absolute Gasteiger partial charge is 0.368 e. The summed E-state index contributed by atoms with van der Waals surface area (Å²) in [7, 11) is 1.70. The Balaban J connectivity index is 2.71. The molecule has 0 fully saturated rings. The topological polar surface area (TPSA) is 118 Å². The standard InChI is InChI=1S/C11H13N5O3/c1-15(3-2-12)9-5-8-7(4-10(9)16(18)19)11(17)14-6-13-8/h4-6H,2-3,12H2,1H3,(H,13,14,17). The average molecular weight is 263 g/mol. The van der Waals surface area contributed by atoms with E-state index >= 15 is 0 Å². The van der Waals surface area contributed by atoms with Crippen molar-refractivity contribution in [3.8, 4) is 0 Å². The smallest absolute Gasteiger partial charge is 0.293 e. The van der Waals surface area contributed by atoms with Crippen LogP contribution in [0.1, 0.15) is 0 Å². The van der Waals surface area contributed by atoms with E-state index in [4.69, 9.17) is 5.73 Å². The molecule has 2 rings (SSSR count). The number of likely N-dealkylation sites (N-methyl/N-ethyl adjacent to an activating group) is 1. The highest BCUT2D eigenvalue weighted by Gasteiger charge is 2.19. The summed E-state index contributed by atoms with van der Waals surface area (Å²) in [6, 6.07) is 2.77. The van der Waals surface area contributed by atoms with Crippen LogP contribution in [0.25, 0.3) is 10.9 Å². The SMILES string of the molecule is CN(CCN)c1cc2nc[nH]c(=O)c2cc1[N+](=O)[O-]. The van der Waals surface area contributed by atoms with E-state index in [0.717, 1.165) is 0 Å². The molecule has 1 aromatic heterocycles. The van der Waals surface area contributed by atoms with Crippen LogP contribution in [0.4, 0.5) is 11.4 Å². The van der Waals surface area contributed by atoms with Gasteiger partial charge in [-0.15, -0.1) is 0 Å². The molecule has 1 heterocycles. The molecule has 0 amide bonds. The third kappa shape index (κ3) is 2.38. The number of nitro benzene ring substituents is 1. The Labute approximate surface area is 108 Å². The lowest BCUT2D eigenvalue weighted by molar-refractivity contribution is -0.384. The van der Waals surface area contributed by atoms with E-state index in [-0.39, 0.29) is 11.1 Å².